The Morgan fingerprint density at radius 1 is 1.03 bits per heavy atom. The second-order valence-corrected chi connectivity index (χ2v) is 9.27. The molecule has 0 aliphatic carbocycles. The highest BCUT2D eigenvalue weighted by molar-refractivity contribution is 9.10. The zero-order valence-electron chi connectivity index (χ0n) is 17.9. The highest BCUT2D eigenvalue weighted by Crippen LogP contribution is 2.41. The van der Waals surface area contributed by atoms with Crippen molar-refractivity contribution in [3.63, 3.8) is 0 Å². The minimum atomic E-state index is -0.618. The van der Waals surface area contributed by atoms with Crippen LogP contribution in [0.3, 0.4) is 0 Å². The molecule has 2 aromatic heterocycles. The van der Waals surface area contributed by atoms with Crippen molar-refractivity contribution in [2.24, 2.45) is 0 Å². The largest absolute Gasteiger partial charge is 0.450 e. The molecule has 0 spiro atoms. The van der Waals surface area contributed by atoms with Crippen LogP contribution >= 0.6 is 15.9 Å². The third-order valence-corrected chi connectivity index (χ3v) is 6.36. The van der Waals surface area contributed by atoms with Crippen LogP contribution < -0.4 is 10.3 Å². The van der Waals surface area contributed by atoms with Crippen LogP contribution in [0.2, 0.25) is 0 Å². The highest BCUT2D eigenvalue weighted by Gasteiger charge is 2.44. The molecule has 32 heavy (non-hydrogen) atoms. The van der Waals surface area contributed by atoms with E-state index in [4.69, 9.17) is 4.42 Å². The van der Waals surface area contributed by atoms with Gasteiger partial charge in [0.15, 0.2) is 5.43 Å². The Labute approximate surface area is 193 Å². The first-order valence-electron chi connectivity index (χ1n) is 10.5. The summed E-state index contributed by atoms with van der Waals surface area (Å²) in [4.78, 5) is 33.4. The maximum absolute atomic E-state index is 13.6. The van der Waals surface area contributed by atoms with E-state index >= 15 is 0 Å². The van der Waals surface area contributed by atoms with Gasteiger partial charge >= 0.3 is 0 Å². The van der Waals surface area contributed by atoms with Crippen LogP contribution in [0.15, 0.2) is 74.3 Å². The maximum Gasteiger partial charge on any atom is 0.296 e. The summed E-state index contributed by atoms with van der Waals surface area (Å²) in [6.07, 6.45) is 0. The summed E-state index contributed by atoms with van der Waals surface area (Å²) in [5, 5.41) is 0.439. The number of nitrogens with zero attached hydrogens (tertiary/aromatic N) is 2. The Morgan fingerprint density at radius 2 is 1.78 bits per heavy atom. The van der Waals surface area contributed by atoms with Crippen molar-refractivity contribution in [3.8, 4) is 0 Å². The Bertz CT molecular complexity index is 1420. The topological polar surface area (TPSA) is 63.4 Å². The molecule has 5 rings (SSSR count). The molecule has 0 fully saturated rings. The van der Waals surface area contributed by atoms with Crippen molar-refractivity contribution in [3.05, 3.63) is 104 Å². The molecule has 1 unspecified atom stereocenters. The lowest BCUT2D eigenvalue weighted by atomic mass is 9.95. The minimum Gasteiger partial charge on any atom is -0.450 e. The standard InChI is InChI=1S/C26H21BrN2O3/c1-14(2)16-7-9-17(10-8-16)23-22-24(30)19-13-18(27)11-12-20(19)32-25(22)26(31)29(23)21-6-4-5-15(3)28-21/h4-14,23H,1-3H3. The first kappa shape index (κ1) is 20.6. The summed E-state index contributed by atoms with van der Waals surface area (Å²) < 4.78 is 6.78. The van der Waals surface area contributed by atoms with Gasteiger partial charge in [-0.25, -0.2) is 4.98 Å². The maximum atomic E-state index is 13.6. The van der Waals surface area contributed by atoms with Gasteiger partial charge in [-0.3, -0.25) is 14.5 Å². The van der Waals surface area contributed by atoms with Crippen molar-refractivity contribution in [1.29, 1.82) is 0 Å². The molecule has 5 nitrogen and oxygen atoms in total. The van der Waals surface area contributed by atoms with E-state index in [9.17, 15) is 9.59 Å². The van der Waals surface area contributed by atoms with E-state index in [1.54, 1.807) is 29.2 Å². The molecule has 1 aliphatic rings. The number of anilines is 1. The lowest BCUT2D eigenvalue weighted by Crippen LogP contribution is -2.30. The number of rotatable bonds is 3. The normalized spacial score (nSPS) is 15.6. The molecule has 1 amide bonds. The summed E-state index contributed by atoms with van der Waals surface area (Å²) in [7, 11) is 0. The van der Waals surface area contributed by atoms with Crippen LogP contribution in [0.1, 0.15) is 58.7 Å². The summed E-state index contributed by atoms with van der Waals surface area (Å²) in [5.41, 5.74) is 3.34. The van der Waals surface area contributed by atoms with Gasteiger partial charge in [0.25, 0.3) is 5.91 Å². The van der Waals surface area contributed by atoms with E-state index in [0.717, 1.165) is 15.7 Å². The van der Waals surface area contributed by atoms with E-state index in [1.807, 2.05) is 43.3 Å². The Hall–Kier alpha value is -3.25. The summed E-state index contributed by atoms with van der Waals surface area (Å²) in [6, 6.07) is 18.2. The zero-order valence-corrected chi connectivity index (χ0v) is 19.5. The van der Waals surface area contributed by atoms with E-state index in [-0.39, 0.29) is 17.1 Å². The second kappa shape index (κ2) is 7.71. The molecular weight excluding hydrogens is 468 g/mol. The molecule has 1 atom stereocenters. The molecular formula is C26H21BrN2O3. The predicted molar refractivity (Wildman–Crippen MR) is 128 cm³/mol. The number of amides is 1. The van der Waals surface area contributed by atoms with Crippen molar-refractivity contribution in [2.45, 2.75) is 32.7 Å². The van der Waals surface area contributed by atoms with Gasteiger partial charge in [0.05, 0.1) is 17.0 Å². The van der Waals surface area contributed by atoms with Crippen LogP contribution in [0.25, 0.3) is 11.0 Å². The number of pyridine rings is 1. The van der Waals surface area contributed by atoms with Crippen LogP contribution in [-0.2, 0) is 0 Å². The molecule has 6 heteroatoms. The van der Waals surface area contributed by atoms with E-state index in [2.05, 4.69) is 34.8 Å². The number of fused-ring (bicyclic) bond motifs is 2. The van der Waals surface area contributed by atoms with Gasteiger partial charge in [-0.1, -0.05) is 60.1 Å². The Morgan fingerprint density at radius 3 is 2.47 bits per heavy atom. The highest BCUT2D eigenvalue weighted by atomic mass is 79.9. The second-order valence-electron chi connectivity index (χ2n) is 8.35. The molecule has 160 valence electrons. The van der Waals surface area contributed by atoms with E-state index in [1.165, 1.54) is 5.56 Å². The Balaban J connectivity index is 1.79. The lowest BCUT2D eigenvalue weighted by molar-refractivity contribution is 0.0970. The van der Waals surface area contributed by atoms with Crippen molar-refractivity contribution in [2.75, 3.05) is 4.90 Å². The van der Waals surface area contributed by atoms with Gasteiger partial charge in [0.1, 0.15) is 11.4 Å². The molecule has 0 N–H and O–H groups in total. The molecule has 1 aliphatic heterocycles. The number of halogens is 1. The third kappa shape index (κ3) is 3.26. The van der Waals surface area contributed by atoms with Gasteiger partial charge < -0.3 is 4.42 Å². The molecule has 2 aromatic carbocycles. The van der Waals surface area contributed by atoms with Crippen LogP contribution in [0.4, 0.5) is 5.82 Å². The quantitative estimate of drug-likeness (QED) is 0.347. The summed E-state index contributed by atoms with van der Waals surface area (Å²) >= 11 is 3.43. The summed E-state index contributed by atoms with van der Waals surface area (Å²) in [6.45, 7) is 6.13. The fourth-order valence-electron chi connectivity index (χ4n) is 4.22. The van der Waals surface area contributed by atoms with Crippen LogP contribution in [-0.4, -0.2) is 10.9 Å². The Kier molecular flexibility index (Phi) is 4.97. The van der Waals surface area contributed by atoms with Crippen molar-refractivity contribution < 1.29 is 9.21 Å². The zero-order chi connectivity index (χ0) is 22.6. The SMILES string of the molecule is Cc1cccc(N2C(=O)c3oc4ccc(Br)cc4c(=O)c3C2c2ccc(C(C)C)cc2)n1. The molecule has 0 saturated carbocycles. The lowest BCUT2D eigenvalue weighted by Gasteiger charge is -2.24. The monoisotopic (exact) mass is 488 g/mol. The number of hydrogen-bond donors (Lipinski definition) is 0. The van der Waals surface area contributed by atoms with Crippen LogP contribution in [0.5, 0.6) is 0 Å². The van der Waals surface area contributed by atoms with Gasteiger partial charge in [-0.05, 0) is 54.3 Å². The number of benzene rings is 2. The van der Waals surface area contributed by atoms with Gasteiger partial charge in [-0.15, -0.1) is 0 Å². The smallest absolute Gasteiger partial charge is 0.296 e. The molecule has 4 aromatic rings. The first-order valence-corrected chi connectivity index (χ1v) is 11.3. The van der Waals surface area contributed by atoms with Gasteiger partial charge in [0.2, 0.25) is 5.76 Å². The average Bonchev–Trinajstić information content (AvgIpc) is 3.07. The first-order chi connectivity index (χ1) is 15.3. The van der Waals surface area contributed by atoms with Crippen molar-refractivity contribution in [1.82, 2.24) is 4.98 Å². The summed E-state index contributed by atoms with van der Waals surface area (Å²) in [5.74, 6) is 0.579. The minimum absolute atomic E-state index is 0.0751. The van der Waals surface area contributed by atoms with Gasteiger partial charge in [0, 0.05) is 10.2 Å². The van der Waals surface area contributed by atoms with Crippen LogP contribution in [0, 0.1) is 6.92 Å². The van der Waals surface area contributed by atoms with Crippen molar-refractivity contribution >= 4 is 38.6 Å². The third-order valence-electron chi connectivity index (χ3n) is 5.87. The number of hydrogen-bond acceptors (Lipinski definition) is 4. The molecule has 0 bridgehead atoms. The van der Waals surface area contributed by atoms with Gasteiger partial charge in [-0.2, -0.15) is 0 Å². The molecule has 0 saturated heterocycles. The average molecular weight is 489 g/mol. The fourth-order valence-corrected chi connectivity index (χ4v) is 4.58. The molecule has 0 radical (unpaired) electrons. The number of carbonyl (C=O) groups excluding carboxylic acids is 1. The van der Waals surface area contributed by atoms with E-state index in [0.29, 0.717) is 28.3 Å². The van der Waals surface area contributed by atoms with E-state index < -0.39 is 6.04 Å². The number of aryl methyl sites for hydroxylation is 1. The molecule has 3 heterocycles. The predicted octanol–water partition coefficient (Wildman–Crippen LogP) is 6.13. The fraction of sp³-hybridized carbons (Fsp3) is 0.192. The number of aromatic nitrogens is 1. The number of carbonyl (C=O) groups is 1.